The number of hydrogen-bond donors (Lipinski definition) is 2. The molecule has 5 heteroatoms. The highest BCUT2D eigenvalue weighted by Crippen LogP contribution is 2.08. The molecule has 0 aliphatic rings. The van der Waals surface area contributed by atoms with E-state index in [1.165, 1.54) is 0 Å². The molecule has 3 N–H and O–H groups in total. The molecule has 1 heterocycles. The first kappa shape index (κ1) is 9.73. The Balaban J connectivity index is 2.77. The molecule has 0 bridgehead atoms. The minimum Gasteiger partial charge on any atom is -0.396 e. The van der Waals surface area contributed by atoms with Gasteiger partial charge in [0.2, 0.25) is 5.95 Å². The Bertz CT molecular complexity index is 261. The van der Waals surface area contributed by atoms with Gasteiger partial charge in [-0.1, -0.05) is 0 Å². The smallest absolute Gasteiger partial charge is 0.225 e. The van der Waals surface area contributed by atoms with Gasteiger partial charge in [0, 0.05) is 7.05 Å². The Labute approximate surface area is 77.2 Å². The Morgan fingerprint density at radius 1 is 1.54 bits per heavy atom. The lowest BCUT2D eigenvalue weighted by Gasteiger charge is -2.22. The second-order valence-corrected chi connectivity index (χ2v) is 2.96. The van der Waals surface area contributed by atoms with Crippen molar-refractivity contribution >= 4 is 11.6 Å². The van der Waals surface area contributed by atoms with Crippen LogP contribution in [-0.4, -0.2) is 34.8 Å². The number of nitrogens with zero attached hydrogens (tertiary/aromatic N) is 3. The summed E-state index contributed by atoms with van der Waals surface area (Å²) in [5.41, 5.74) is 5.98. The van der Waals surface area contributed by atoms with Crippen molar-refractivity contribution < 1.29 is 5.11 Å². The van der Waals surface area contributed by atoms with Crippen LogP contribution < -0.4 is 10.6 Å². The second kappa shape index (κ2) is 4.04. The van der Waals surface area contributed by atoms with E-state index >= 15 is 0 Å². The predicted octanol–water partition coefficient (Wildman–Crippen LogP) is -0.124. The van der Waals surface area contributed by atoms with Crippen LogP contribution in [0.25, 0.3) is 0 Å². The summed E-state index contributed by atoms with van der Waals surface area (Å²) >= 11 is 0. The molecule has 1 unspecified atom stereocenters. The minimum atomic E-state index is 0.00336. The van der Waals surface area contributed by atoms with E-state index < -0.39 is 0 Å². The van der Waals surface area contributed by atoms with Crippen LogP contribution in [0, 0.1) is 0 Å². The summed E-state index contributed by atoms with van der Waals surface area (Å²) in [4.78, 5) is 9.84. The average Bonchev–Trinajstić information content (AvgIpc) is 2.17. The van der Waals surface area contributed by atoms with Crippen LogP contribution in [0.1, 0.15) is 6.92 Å². The van der Waals surface area contributed by atoms with Gasteiger partial charge < -0.3 is 15.7 Å². The average molecular weight is 182 g/mol. The molecule has 13 heavy (non-hydrogen) atoms. The van der Waals surface area contributed by atoms with Gasteiger partial charge in [-0.05, 0) is 6.92 Å². The molecule has 0 saturated carbocycles. The SMILES string of the molecule is CC(CO)N(C)c1ncc(N)cn1. The number of nitrogens with two attached hydrogens (primary N) is 1. The summed E-state index contributed by atoms with van der Waals surface area (Å²) in [5, 5.41) is 8.90. The highest BCUT2D eigenvalue weighted by molar-refractivity contribution is 5.37. The molecule has 72 valence electrons. The Kier molecular flexibility index (Phi) is 3.02. The highest BCUT2D eigenvalue weighted by Gasteiger charge is 2.10. The van der Waals surface area contributed by atoms with Gasteiger partial charge in [-0.2, -0.15) is 0 Å². The zero-order valence-electron chi connectivity index (χ0n) is 7.81. The van der Waals surface area contributed by atoms with E-state index in [0.29, 0.717) is 11.6 Å². The molecule has 0 saturated heterocycles. The maximum atomic E-state index is 8.90. The fraction of sp³-hybridized carbons (Fsp3) is 0.500. The normalized spacial score (nSPS) is 12.5. The molecule has 0 fully saturated rings. The van der Waals surface area contributed by atoms with Crippen molar-refractivity contribution in [2.75, 3.05) is 24.3 Å². The van der Waals surface area contributed by atoms with E-state index in [2.05, 4.69) is 9.97 Å². The summed E-state index contributed by atoms with van der Waals surface area (Å²) in [5.74, 6) is 0.566. The number of aliphatic hydroxyl groups is 1. The van der Waals surface area contributed by atoms with Crippen molar-refractivity contribution in [3.63, 3.8) is 0 Å². The number of nitrogen functional groups attached to an aromatic ring is 1. The van der Waals surface area contributed by atoms with Crippen LogP contribution in [0.15, 0.2) is 12.4 Å². The highest BCUT2D eigenvalue weighted by atomic mass is 16.3. The zero-order chi connectivity index (χ0) is 9.84. The molecule has 1 aromatic heterocycles. The third-order valence-corrected chi connectivity index (χ3v) is 1.90. The van der Waals surface area contributed by atoms with Crippen LogP contribution in [0.4, 0.5) is 11.6 Å². The van der Waals surface area contributed by atoms with E-state index in [9.17, 15) is 0 Å². The molecule has 5 nitrogen and oxygen atoms in total. The predicted molar refractivity (Wildman–Crippen MR) is 51.4 cm³/mol. The van der Waals surface area contributed by atoms with Crippen molar-refractivity contribution in [3.05, 3.63) is 12.4 Å². The second-order valence-electron chi connectivity index (χ2n) is 2.96. The number of rotatable bonds is 3. The minimum absolute atomic E-state index is 0.00336. The maximum absolute atomic E-state index is 8.90. The summed E-state index contributed by atoms with van der Waals surface area (Å²) < 4.78 is 0. The molecular weight excluding hydrogens is 168 g/mol. The van der Waals surface area contributed by atoms with Crippen molar-refractivity contribution in [2.45, 2.75) is 13.0 Å². The molecule has 0 aliphatic heterocycles. The summed E-state index contributed by atoms with van der Waals surface area (Å²) in [6, 6.07) is 0.00336. The third kappa shape index (κ3) is 2.29. The number of aromatic nitrogens is 2. The number of likely N-dealkylation sites (N-methyl/N-ethyl adjacent to an activating group) is 1. The number of anilines is 2. The fourth-order valence-corrected chi connectivity index (χ4v) is 0.833. The molecule has 1 rings (SSSR count). The lowest BCUT2D eigenvalue weighted by Crippen LogP contribution is -2.33. The Morgan fingerprint density at radius 2 is 2.08 bits per heavy atom. The summed E-state index contributed by atoms with van der Waals surface area (Å²) in [6.07, 6.45) is 3.09. The van der Waals surface area contributed by atoms with Crippen molar-refractivity contribution in [2.24, 2.45) is 0 Å². The number of hydrogen-bond acceptors (Lipinski definition) is 5. The van der Waals surface area contributed by atoms with Gasteiger partial charge in [-0.3, -0.25) is 0 Å². The van der Waals surface area contributed by atoms with Crippen molar-refractivity contribution in [3.8, 4) is 0 Å². The van der Waals surface area contributed by atoms with Gasteiger partial charge in [0.25, 0.3) is 0 Å². The molecule has 0 aliphatic carbocycles. The lowest BCUT2D eigenvalue weighted by molar-refractivity contribution is 0.269. The molecule has 0 radical (unpaired) electrons. The zero-order valence-corrected chi connectivity index (χ0v) is 7.81. The Morgan fingerprint density at radius 3 is 2.54 bits per heavy atom. The quantitative estimate of drug-likeness (QED) is 0.681. The van der Waals surface area contributed by atoms with Crippen LogP contribution in [0.5, 0.6) is 0 Å². The van der Waals surface area contributed by atoms with E-state index in [1.807, 2.05) is 14.0 Å². The fourth-order valence-electron chi connectivity index (χ4n) is 0.833. The standard InChI is InChI=1S/C8H14N4O/c1-6(5-13)12(2)8-10-3-7(9)4-11-8/h3-4,6,13H,5,9H2,1-2H3. The van der Waals surface area contributed by atoms with Crippen LogP contribution in [0.2, 0.25) is 0 Å². The monoisotopic (exact) mass is 182 g/mol. The van der Waals surface area contributed by atoms with E-state index in [4.69, 9.17) is 10.8 Å². The van der Waals surface area contributed by atoms with Crippen LogP contribution >= 0.6 is 0 Å². The Hall–Kier alpha value is -1.36. The molecule has 1 atom stereocenters. The number of aliphatic hydroxyl groups excluding tert-OH is 1. The van der Waals surface area contributed by atoms with Crippen molar-refractivity contribution in [1.29, 1.82) is 0 Å². The first-order valence-corrected chi connectivity index (χ1v) is 4.06. The van der Waals surface area contributed by atoms with Gasteiger partial charge in [0.05, 0.1) is 30.7 Å². The van der Waals surface area contributed by atoms with E-state index in [-0.39, 0.29) is 12.6 Å². The molecular formula is C8H14N4O. The third-order valence-electron chi connectivity index (χ3n) is 1.90. The first-order chi connectivity index (χ1) is 6.15. The van der Waals surface area contributed by atoms with E-state index in [1.54, 1.807) is 17.3 Å². The first-order valence-electron chi connectivity index (χ1n) is 4.06. The van der Waals surface area contributed by atoms with Crippen molar-refractivity contribution in [1.82, 2.24) is 9.97 Å². The summed E-state index contributed by atoms with van der Waals surface area (Å²) in [6.45, 7) is 1.96. The van der Waals surface area contributed by atoms with Gasteiger partial charge >= 0.3 is 0 Å². The molecule has 0 amide bonds. The van der Waals surface area contributed by atoms with Gasteiger partial charge in [0.1, 0.15) is 0 Å². The summed E-state index contributed by atoms with van der Waals surface area (Å²) in [7, 11) is 1.83. The van der Waals surface area contributed by atoms with E-state index in [0.717, 1.165) is 0 Å². The molecule has 1 aromatic rings. The van der Waals surface area contributed by atoms with Gasteiger partial charge in [-0.25, -0.2) is 9.97 Å². The molecule has 0 spiro atoms. The van der Waals surface area contributed by atoms with Crippen LogP contribution in [-0.2, 0) is 0 Å². The van der Waals surface area contributed by atoms with Gasteiger partial charge in [-0.15, -0.1) is 0 Å². The van der Waals surface area contributed by atoms with Crippen LogP contribution in [0.3, 0.4) is 0 Å². The molecule has 0 aromatic carbocycles. The van der Waals surface area contributed by atoms with Gasteiger partial charge in [0.15, 0.2) is 0 Å². The lowest BCUT2D eigenvalue weighted by atomic mass is 10.3. The topological polar surface area (TPSA) is 75.3 Å². The maximum Gasteiger partial charge on any atom is 0.225 e. The largest absolute Gasteiger partial charge is 0.396 e.